The fourth-order valence-corrected chi connectivity index (χ4v) is 7.12. The number of benzene rings is 1. The summed E-state index contributed by atoms with van der Waals surface area (Å²) in [7, 11) is 0. The molecule has 0 radical (unpaired) electrons. The summed E-state index contributed by atoms with van der Waals surface area (Å²) < 4.78 is 80.8. The molecule has 228 valence electrons. The Bertz CT molecular complexity index is 1150. The topological polar surface area (TPSA) is 56.3 Å². The number of halogens is 7. The predicted octanol–water partition coefficient (Wildman–Crippen LogP) is 5.46. The Morgan fingerprint density at radius 1 is 0.902 bits per heavy atom. The Balaban J connectivity index is 1.20. The molecule has 5 rings (SSSR count). The van der Waals surface area contributed by atoms with Gasteiger partial charge in [-0.05, 0) is 67.8 Å². The van der Waals surface area contributed by atoms with Crippen LogP contribution in [0, 0.1) is 5.41 Å². The predicted molar refractivity (Wildman–Crippen MR) is 139 cm³/mol. The average molecular weight is 611 g/mol. The molecule has 0 aromatic heterocycles. The van der Waals surface area contributed by atoms with E-state index in [-0.39, 0.29) is 24.4 Å². The van der Waals surface area contributed by atoms with Crippen molar-refractivity contribution in [2.45, 2.75) is 69.6 Å². The Morgan fingerprint density at radius 3 is 2.12 bits per heavy atom. The molecule has 7 nitrogen and oxygen atoms in total. The van der Waals surface area contributed by atoms with Crippen molar-refractivity contribution in [1.82, 2.24) is 14.7 Å². The molecule has 2 spiro atoms. The van der Waals surface area contributed by atoms with Gasteiger partial charge in [-0.3, -0.25) is 9.69 Å². The van der Waals surface area contributed by atoms with Crippen molar-refractivity contribution < 1.29 is 40.7 Å². The number of hydrogen-bond donors (Lipinski definition) is 0. The number of anilines is 1. The molecular weight excluding hydrogens is 578 g/mol. The van der Waals surface area contributed by atoms with Gasteiger partial charge in [0, 0.05) is 63.4 Å². The molecule has 2 amide bonds. The van der Waals surface area contributed by atoms with Crippen molar-refractivity contribution >= 4 is 29.3 Å². The fraction of sp³-hybridized carbons (Fsp3) is 0.704. The normalized spacial score (nSPS) is 22.6. The molecule has 4 aliphatic heterocycles. The molecular formula is C27H33ClF6N4O3. The van der Waals surface area contributed by atoms with Crippen molar-refractivity contribution in [2.24, 2.45) is 5.41 Å². The van der Waals surface area contributed by atoms with Crippen LogP contribution < -0.4 is 4.90 Å². The number of ether oxygens (including phenoxy) is 1. The van der Waals surface area contributed by atoms with Crippen LogP contribution in [-0.4, -0.2) is 96.5 Å². The Kier molecular flexibility index (Phi) is 7.84. The molecule has 4 aliphatic rings. The van der Waals surface area contributed by atoms with Gasteiger partial charge in [0.2, 0.25) is 5.91 Å². The molecule has 0 N–H and O–H groups in total. The Hall–Kier alpha value is -2.41. The lowest BCUT2D eigenvalue weighted by molar-refractivity contribution is -0.309. The number of amides is 2. The monoisotopic (exact) mass is 610 g/mol. The number of nitrogens with zero attached hydrogens (tertiary/aromatic N) is 4. The third-order valence-electron chi connectivity index (χ3n) is 9.17. The second kappa shape index (κ2) is 10.7. The lowest BCUT2D eigenvalue weighted by Crippen LogP contribution is -2.69. The number of carbonyl (C=O) groups is 2. The molecule has 41 heavy (non-hydrogen) atoms. The van der Waals surface area contributed by atoms with E-state index in [0.29, 0.717) is 24.5 Å². The summed E-state index contributed by atoms with van der Waals surface area (Å²) in [6.07, 6.45) is -12.9. The van der Waals surface area contributed by atoms with Crippen molar-refractivity contribution in [3.8, 4) is 0 Å². The van der Waals surface area contributed by atoms with E-state index in [1.165, 1.54) is 0 Å². The van der Waals surface area contributed by atoms with E-state index >= 15 is 0 Å². The van der Waals surface area contributed by atoms with Gasteiger partial charge in [0.25, 0.3) is 6.10 Å². The van der Waals surface area contributed by atoms with Crippen LogP contribution in [0.1, 0.15) is 44.6 Å². The molecule has 0 aliphatic carbocycles. The fourth-order valence-electron chi connectivity index (χ4n) is 6.87. The molecule has 0 atom stereocenters. The zero-order valence-corrected chi connectivity index (χ0v) is 23.4. The molecule has 0 bridgehead atoms. The third-order valence-corrected chi connectivity index (χ3v) is 9.39. The van der Waals surface area contributed by atoms with Crippen molar-refractivity contribution in [3.63, 3.8) is 0 Å². The molecule has 0 unspecified atom stereocenters. The molecule has 4 fully saturated rings. The third kappa shape index (κ3) is 6.21. The Morgan fingerprint density at radius 2 is 1.54 bits per heavy atom. The van der Waals surface area contributed by atoms with Crippen LogP contribution in [0.3, 0.4) is 0 Å². The first kappa shape index (κ1) is 30.1. The van der Waals surface area contributed by atoms with Crippen LogP contribution in [0.4, 0.5) is 36.8 Å². The number of hydrogen-bond acceptors (Lipinski definition) is 5. The zero-order chi connectivity index (χ0) is 29.8. The molecule has 4 heterocycles. The van der Waals surface area contributed by atoms with E-state index in [4.69, 9.17) is 11.6 Å². The summed E-state index contributed by atoms with van der Waals surface area (Å²) in [5.41, 5.74) is 1.55. The highest BCUT2D eigenvalue weighted by molar-refractivity contribution is 6.30. The summed E-state index contributed by atoms with van der Waals surface area (Å²) in [4.78, 5) is 31.2. The van der Waals surface area contributed by atoms with E-state index in [1.54, 1.807) is 6.92 Å². The quantitative estimate of drug-likeness (QED) is 0.424. The average Bonchev–Trinajstić information content (AvgIpc) is 3.45. The van der Waals surface area contributed by atoms with E-state index in [9.17, 15) is 35.9 Å². The molecule has 0 saturated carbocycles. The lowest BCUT2D eigenvalue weighted by atomic mass is 9.77. The highest BCUT2D eigenvalue weighted by Crippen LogP contribution is 2.43. The summed E-state index contributed by atoms with van der Waals surface area (Å²) in [6.45, 7) is 6.03. The summed E-state index contributed by atoms with van der Waals surface area (Å²) in [5, 5.41) is 0.568. The first-order valence-electron chi connectivity index (χ1n) is 13.7. The van der Waals surface area contributed by atoms with Crippen molar-refractivity contribution in [2.75, 3.05) is 50.7 Å². The number of likely N-dealkylation sites (tertiary alicyclic amines) is 3. The SMILES string of the molecule is CC(=O)N1CCC2(CCN(c3cc(Cl)cc(CN4CCCC45CN(C(=O)OC(C(F)(F)F)C(F)(F)F)C5)c3)CC2)C1. The zero-order valence-electron chi connectivity index (χ0n) is 22.7. The first-order valence-corrected chi connectivity index (χ1v) is 14.1. The number of carbonyl (C=O) groups excluding carboxylic acids is 2. The minimum absolute atomic E-state index is 0.00677. The van der Waals surface area contributed by atoms with Crippen LogP contribution in [-0.2, 0) is 16.1 Å². The maximum absolute atomic E-state index is 12.8. The molecule has 4 saturated heterocycles. The molecule has 14 heteroatoms. The summed E-state index contributed by atoms with van der Waals surface area (Å²) in [5.74, 6) is 0.113. The van der Waals surface area contributed by atoms with Gasteiger partial charge in [0.1, 0.15) is 0 Å². The number of piperidine rings is 1. The first-order chi connectivity index (χ1) is 19.1. The number of alkyl halides is 6. The van der Waals surface area contributed by atoms with Gasteiger partial charge in [-0.15, -0.1) is 0 Å². The van der Waals surface area contributed by atoms with Crippen molar-refractivity contribution in [3.05, 3.63) is 28.8 Å². The summed E-state index contributed by atoms with van der Waals surface area (Å²) >= 11 is 6.49. The second-order valence-electron chi connectivity index (χ2n) is 11.9. The largest absolute Gasteiger partial charge is 0.434 e. The minimum atomic E-state index is -5.75. The smallest absolute Gasteiger partial charge is 0.426 e. The maximum atomic E-state index is 12.8. The van der Waals surface area contributed by atoms with Gasteiger partial charge < -0.3 is 19.4 Å². The van der Waals surface area contributed by atoms with Crippen LogP contribution in [0.25, 0.3) is 0 Å². The standard InChI is InChI=1S/C27H33ClF6N4O3/c1-18(39)36-10-6-24(15-36)4-8-35(9-5-24)21-12-19(11-20(28)13-21)14-38-7-2-3-25(38)16-37(17-25)23(40)41-22(26(29,30)31)27(32,33)34/h11-13,22H,2-10,14-17H2,1H3. The van der Waals surface area contributed by atoms with Gasteiger partial charge in [-0.25, -0.2) is 4.79 Å². The van der Waals surface area contributed by atoms with Gasteiger partial charge in [0.05, 0.1) is 5.54 Å². The van der Waals surface area contributed by atoms with Gasteiger partial charge in [-0.2, -0.15) is 26.3 Å². The van der Waals surface area contributed by atoms with Gasteiger partial charge >= 0.3 is 18.4 Å². The maximum Gasteiger partial charge on any atom is 0.434 e. The number of rotatable bonds is 4. The lowest BCUT2D eigenvalue weighted by Gasteiger charge is -2.52. The highest BCUT2D eigenvalue weighted by Gasteiger charge is 2.61. The van der Waals surface area contributed by atoms with Crippen LogP contribution in [0.2, 0.25) is 5.02 Å². The van der Waals surface area contributed by atoms with E-state index in [2.05, 4.69) is 20.6 Å². The van der Waals surface area contributed by atoms with Crippen LogP contribution in [0.15, 0.2) is 18.2 Å². The van der Waals surface area contributed by atoms with Gasteiger partial charge in [-0.1, -0.05) is 11.6 Å². The molecule has 1 aromatic rings. The summed E-state index contributed by atoms with van der Waals surface area (Å²) in [6, 6.07) is 5.83. The van der Waals surface area contributed by atoms with Crippen LogP contribution >= 0.6 is 11.6 Å². The highest BCUT2D eigenvalue weighted by atomic mass is 35.5. The van der Waals surface area contributed by atoms with E-state index in [0.717, 1.165) is 68.0 Å². The van der Waals surface area contributed by atoms with Gasteiger partial charge in [0.15, 0.2) is 0 Å². The minimum Gasteiger partial charge on any atom is -0.426 e. The van der Waals surface area contributed by atoms with Crippen molar-refractivity contribution in [1.29, 1.82) is 0 Å². The molecule has 1 aromatic carbocycles. The van der Waals surface area contributed by atoms with Crippen LogP contribution in [0.5, 0.6) is 0 Å². The second-order valence-corrected chi connectivity index (χ2v) is 12.4. The van der Waals surface area contributed by atoms with E-state index in [1.807, 2.05) is 17.0 Å². The van der Waals surface area contributed by atoms with E-state index < -0.39 is 30.1 Å². The Labute approximate surface area is 239 Å².